The number of carbonyl (C=O) groups is 1. The van der Waals surface area contributed by atoms with Gasteiger partial charge in [-0.2, -0.15) is 5.10 Å². The molecule has 1 saturated carbocycles. The number of rotatable bonds is 5. The molecule has 3 aromatic rings. The Balaban J connectivity index is 1.19. The molecule has 0 atom stereocenters. The molecule has 1 aliphatic heterocycles. The number of thiazole rings is 1. The average Bonchev–Trinajstić information content (AvgIpc) is 3.48. The summed E-state index contributed by atoms with van der Waals surface area (Å²) < 4.78 is 4.55. The second-order valence-corrected chi connectivity index (χ2v) is 10.2. The Morgan fingerprint density at radius 1 is 1.19 bits per heavy atom. The van der Waals surface area contributed by atoms with E-state index in [1.165, 1.54) is 34.4 Å². The lowest BCUT2D eigenvalue weighted by molar-refractivity contribution is -0.117. The lowest BCUT2D eigenvalue weighted by Crippen LogP contribution is -2.39. The van der Waals surface area contributed by atoms with Gasteiger partial charge in [-0.3, -0.25) is 14.3 Å². The van der Waals surface area contributed by atoms with Crippen LogP contribution in [-0.4, -0.2) is 49.8 Å². The Hall–Kier alpha value is -2.52. The molecule has 5 rings (SSSR count). The molecule has 1 saturated heterocycles. The molecule has 170 valence electrons. The van der Waals surface area contributed by atoms with E-state index in [0.717, 1.165) is 54.8 Å². The number of nitrogens with one attached hydrogen (secondary N) is 1. The molecule has 1 aliphatic carbocycles. The number of aryl methyl sites for hydroxylation is 2. The third kappa shape index (κ3) is 4.23. The van der Waals surface area contributed by atoms with Gasteiger partial charge in [0.05, 0.1) is 16.8 Å². The topological polar surface area (TPSA) is 85.1 Å². The zero-order chi connectivity index (χ0) is 22.2. The molecule has 0 unspecified atom stereocenters. The molecular formula is C23H30N6O2S. The molecule has 2 fully saturated rings. The minimum atomic E-state index is -0.0278. The molecule has 0 spiro atoms. The number of hydrogen-bond acceptors (Lipinski definition) is 6. The highest BCUT2D eigenvalue weighted by atomic mass is 32.1. The molecule has 8 nitrogen and oxygen atoms in total. The number of hydrogen-bond donors (Lipinski definition) is 1. The Labute approximate surface area is 191 Å². The van der Waals surface area contributed by atoms with Gasteiger partial charge < -0.3 is 5.32 Å². The van der Waals surface area contributed by atoms with Gasteiger partial charge in [-0.25, -0.2) is 14.5 Å². The van der Waals surface area contributed by atoms with Crippen LogP contribution in [0.2, 0.25) is 0 Å². The first-order valence-electron chi connectivity index (χ1n) is 11.5. The maximum absolute atomic E-state index is 12.7. The Morgan fingerprint density at radius 2 is 1.94 bits per heavy atom. The Morgan fingerprint density at radius 3 is 2.69 bits per heavy atom. The molecule has 2 aromatic heterocycles. The molecule has 1 amide bonds. The Bertz CT molecular complexity index is 1180. The van der Waals surface area contributed by atoms with E-state index in [2.05, 4.69) is 33.3 Å². The van der Waals surface area contributed by atoms with Crippen LogP contribution in [0.15, 0.2) is 23.0 Å². The van der Waals surface area contributed by atoms with Crippen molar-refractivity contribution in [3.63, 3.8) is 0 Å². The number of fused-ring (bicyclic) bond motifs is 1. The summed E-state index contributed by atoms with van der Waals surface area (Å²) in [6.45, 7) is 4.07. The third-order valence-electron chi connectivity index (χ3n) is 6.78. The standard InChI is InChI=1S/C23H30N6O2S/c1-15-7-8-18-19(13-15)32-22(24-18)25-20(30)14-28-11-9-16(10-12-28)21-26-27(2)23(31)29(21)17-5-3-4-6-17/h7-8,13,16-17H,3-6,9-12,14H2,1-2H3,(H,24,25,30). The van der Waals surface area contributed by atoms with Crippen molar-refractivity contribution in [3.8, 4) is 0 Å². The first kappa shape index (κ1) is 21.3. The number of aromatic nitrogens is 4. The molecule has 9 heteroatoms. The van der Waals surface area contributed by atoms with Crippen LogP contribution in [0.4, 0.5) is 5.13 Å². The van der Waals surface area contributed by atoms with Crippen molar-refractivity contribution in [2.45, 2.75) is 57.4 Å². The highest BCUT2D eigenvalue weighted by Crippen LogP contribution is 2.33. The van der Waals surface area contributed by atoms with Gasteiger partial charge in [-0.1, -0.05) is 30.2 Å². The molecule has 2 aliphatic rings. The lowest BCUT2D eigenvalue weighted by Gasteiger charge is -2.31. The number of benzene rings is 1. The molecular weight excluding hydrogens is 424 g/mol. The van der Waals surface area contributed by atoms with E-state index in [-0.39, 0.29) is 17.5 Å². The zero-order valence-electron chi connectivity index (χ0n) is 18.7. The van der Waals surface area contributed by atoms with Crippen LogP contribution in [0.3, 0.4) is 0 Å². The van der Waals surface area contributed by atoms with Gasteiger partial charge >= 0.3 is 5.69 Å². The van der Waals surface area contributed by atoms with Gasteiger partial charge in [0.15, 0.2) is 5.13 Å². The summed E-state index contributed by atoms with van der Waals surface area (Å²) in [4.78, 5) is 32.0. The van der Waals surface area contributed by atoms with E-state index < -0.39 is 0 Å². The van der Waals surface area contributed by atoms with Crippen molar-refractivity contribution in [1.29, 1.82) is 0 Å². The van der Waals surface area contributed by atoms with E-state index in [9.17, 15) is 9.59 Å². The van der Waals surface area contributed by atoms with Crippen molar-refractivity contribution in [3.05, 3.63) is 40.1 Å². The van der Waals surface area contributed by atoms with Crippen molar-refractivity contribution in [2.75, 3.05) is 25.0 Å². The van der Waals surface area contributed by atoms with Crippen LogP contribution < -0.4 is 11.0 Å². The summed E-state index contributed by atoms with van der Waals surface area (Å²) in [7, 11) is 1.75. The summed E-state index contributed by atoms with van der Waals surface area (Å²) in [5.74, 6) is 1.19. The quantitative estimate of drug-likeness (QED) is 0.638. The van der Waals surface area contributed by atoms with Crippen LogP contribution in [0.5, 0.6) is 0 Å². The van der Waals surface area contributed by atoms with E-state index in [4.69, 9.17) is 0 Å². The summed E-state index contributed by atoms with van der Waals surface area (Å²) >= 11 is 1.51. The largest absolute Gasteiger partial charge is 0.345 e. The van der Waals surface area contributed by atoms with Crippen molar-refractivity contribution >= 4 is 32.6 Å². The van der Waals surface area contributed by atoms with Crippen LogP contribution in [0.25, 0.3) is 10.2 Å². The summed E-state index contributed by atoms with van der Waals surface area (Å²) in [6.07, 6.45) is 6.35. The summed E-state index contributed by atoms with van der Waals surface area (Å²) in [6, 6.07) is 6.42. The fourth-order valence-corrected chi connectivity index (χ4v) is 6.06. The fourth-order valence-electron chi connectivity index (χ4n) is 5.08. The van der Waals surface area contributed by atoms with Crippen molar-refractivity contribution in [1.82, 2.24) is 24.2 Å². The van der Waals surface area contributed by atoms with Gasteiger partial charge in [0.25, 0.3) is 0 Å². The molecule has 1 aromatic carbocycles. The number of anilines is 1. The second kappa shape index (κ2) is 8.78. The zero-order valence-corrected chi connectivity index (χ0v) is 19.5. The molecule has 0 radical (unpaired) electrons. The van der Waals surface area contributed by atoms with Crippen LogP contribution in [0.1, 0.15) is 61.9 Å². The predicted molar refractivity (Wildman–Crippen MR) is 126 cm³/mol. The monoisotopic (exact) mass is 454 g/mol. The van der Waals surface area contributed by atoms with Crippen molar-refractivity contribution < 1.29 is 4.79 Å². The first-order valence-corrected chi connectivity index (χ1v) is 12.3. The smallest absolute Gasteiger partial charge is 0.301 e. The predicted octanol–water partition coefficient (Wildman–Crippen LogP) is 3.43. The molecule has 0 bridgehead atoms. The fraction of sp³-hybridized carbons (Fsp3) is 0.565. The van der Waals surface area contributed by atoms with Crippen LogP contribution >= 0.6 is 11.3 Å². The number of likely N-dealkylation sites (tertiary alicyclic amines) is 1. The van der Waals surface area contributed by atoms with E-state index in [1.807, 2.05) is 16.7 Å². The number of piperidine rings is 1. The number of carbonyl (C=O) groups excluding carboxylic acids is 1. The minimum Gasteiger partial charge on any atom is -0.301 e. The summed E-state index contributed by atoms with van der Waals surface area (Å²) in [5.41, 5.74) is 2.12. The Kier molecular flexibility index (Phi) is 5.86. The maximum atomic E-state index is 12.7. The number of amides is 1. The molecule has 1 N–H and O–H groups in total. The van der Waals surface area contributed by atoms with Crippen molar-refractivity contribution in [2.24, 2.45) is 7.05 Å². The van der Waals surface area contributed by atoms with E-state index in [1.54, 1.807) is 7.05 Å². The van der Waals surface area contributed by atoms with Gasteiger partial charge in [0.1, 0.15) is 5.82 Å². The second-order valence-electron chi connectivity index (χ2n) is 9.16. The van der Waals surface area contributed by atoms with Gasteiger partial charge in [-0.15, -0.1) is 0 Å². The SMILES string of the molecule is Cc1ccc2nc(NC(=O)CN3CCC(c4nn(C)c(=O)n4C4CCCC4)CC3)sc2c1. The van der Waals surface area contributed by atoms with Crippen LogP contribution in [-0.2, 0) is 11.8 Å². The minimum absolute atomic E-state index is 0.0136. The summed E-state index contributed by atoms with van der Waals surface area (Å²) in [5, 5.41) is 8.23. The molecule has 32 heavy (non-hydrogen) atoms. The first-order chi connectivity index (χ1) is 15.5. The molecule has 3 heterocycles. The van der Waals surface area contributed by atoms with E-state index in [0.29, 0.717) is 17.7 Å². The van der Waals surface area contributed by atoms with E-state index >= 15 is 0 Å². The highest BCUT2D eigenvalue weighted by molar-refractivity contribution is 7.22. The normalized spacial score (nSPS) is 18.6. The van der Waals surface area contributed by atoms with Crippen LogP contribution in [0, 0.1) is 6.92 Å². The maximum Gasteiger partial charge on any atom is 0.345 e. The highest BCUT2D eigenvalue weighted by Gasteiger charge is 2.30. The average molecular weight is 455 g/mol. The third-order valence-corrected chi connectivity index (χ3v) is 7.72. The van der Waals surface area contributed by atoms with Gasteiger partial charge in [0, 0.05) is 19.0 Å². The van der Waals surface area contributed by atoms with Gasteiger partial charge in [-0.05, 0) is 63.4 Å². The number of nitrogens with zero attached hydrogens (tertiary/aromatic N) is 5. The van der Waals surface area contributed by atoms with Gasteiger partial charge in [0.2, 0.25) is 5.91 Å². The lowest BCUT2D eigenvalue weighted by atomic mass is 9.95.